The number of carbonyl (C=O) groups is 1. The van der Waals surface area contributed by atoms with Gasteiger partial charge in [-0.05, 0) is 30.2 Å². The maximum atomic E-state index is 13.9. The lowest BCUT2D eigenvalue weighted by molar-refractivity contribution is -0.137. The number of anilines is 1. The van der Waals surface area contributed by atoms with Crippen molar-refractivity contribution in [2.75, 3.05) is 17.3 Å². The molecule has 0 aliphatic carbocycles. The highest BCUT2D eigenvalue weighted by molar-refractivity contribution is 8.03. The fraction of sp³-hybridized carbons (Fsp3) is 0.267. The maximum absolute atomic E-state index is 13.9. The van der Waals surface area contributed by atoms with Gasteiger partial charge in [0.15, 0.2) is 11.5 Å². The molecule has 15 heteroatoms. The molecular weight excluding hydrogens is 534 g/mol. The Labute approximate surface area is 196 Å². The Morgan fingerprint density at radius 2 is 1.83 bits per heavy atom. The molecule has 30 heavy (non-hydrogen) atoms. The van der Waals surface area contributed by atoms with E-state index in [9.17, 15) is 27.6 Å². The second-order valence-corrected chi connectivity index (χ2v) is 9.90. The molecule has 1 N–H and O–H groups in total. The van der Waals surface area contributed by atoms with Crippen LogP contribution in [0.5, 0.6) is 0 Å². The van der Waals surface area contributed by atoms with Crippen molar-refractivity contribution in [3.8, 4) is 11.8 Å². The van der Waals surface area contributed by atoms with Crippen LogP contribution in [0.3, 0.4) is 0 Å². The number of nitrogens with one attached hydrogen (secondary N) is 1. The molecule has 0 atom stereocenters. The summed E-state index contributed by atoms with van der Waals surface area (Å²) >= 11 is 24.1. The van der Waals surface area contributed by atoms with E-state index in [1.165, 1.54) is 0 Å². The highest BCUT2D eigenvalue weighted by Crippen LogP contribution is 2.47. The van der Waals surface area contributed by atoms with Gasteiger partial charge in [0.2, 0.25) is 5.91 Å². The van der Waals surface area contributed by atoms with Gasteiger partial charge in [0.25, 0.3) is 0 Å². The fourth-order valence-corrected chi connectivity index (χ4v) is 4.28. The van der Waals surface area contributed by atoms with E-state index >= 15 is 0 Å². The fourth-order valence-electron chi connectivity index (χ4n) is 2.19. The molecule has 0 radical (unpaired) electrons. The highest BCUT2D eigenvalue weighted by Gasteiger charge is 2.35. The predicted molar refractivity (Wildman–Crippen MR) is 112 cm³/mol. The third-order valence-electron chi connectivity index (χ3n) is 3.25. The largest absolute Gasteiger partial charge is 0.416 e. The molecule has 1 aromatic heterocycles. The van der Waals surface area contributed by atoms with Gasteiger partial charge in [-0.1, -0.05) is 46.4 Å². The Morgan fingerprint density at radius 1 is 1.27 bits per heavy atom. The molecule has 0 fully saturated rings. The van der Waals surface area contributed by atoms with Crippen LogP contribution in [0.15, 0.2) is 17.0 Å². The number of hydrogen-bond acceptors (Lipinski definition) is 5. The molecule has 1 aromatic carbocycles. The van der Waals surface area contributed by atoms with E-state index in [2.05, 4.69) is 10.4 Å². The van der Waals surface area contributed by atoms with Crippen molar-refractivity contribution in [1.29, 1.82) is 5.26 Å². The smallest absolute Gasteiger partial charge is 0.309 e. The molecule has 0 aliphatic heterocycles. The number of rotatable bonds is 6. The Morgan fingerprint density at radius 3 is 2.27 bits per heavy atom. The van der Waals surface area contributed by atoms with Crippen molar-refractivity contribution in [3.63, 3.8) is 0 Å². The summed E-state index contributed by atoms with van der Waals surface area (Å²) in [5.74, 6) is -0.904. The molecule has 1 amide bonds. The van der Waals surface area contributed by atoms with Crippen LogP contribution >= 0.6 is 69.9 Å². The van der Waals surface area contributed by atoms with Crippen LogP contribution in [-0.4, -0.2) is 31.6 Å². The van der Waals surface area contributed by atoms with E-state index in [1.807, 2.05) is 0 Å². The van der Waals surface area contributed by atoms with Gasteiger partial charge in [0.1, 0.15) is 11.8 Å². The monoisotopic (exact) mass is 540 g/mol. The van der Waals surface area contributed by atoms with Crippen molar-refractivity contribution in [2.45, 2.75) is 15.0 Å². The first-order chi connectivity index (χ1) is 13.8. The first kappa shape index (κ1) is 25.2. The zero-order valence-electron chi connectivity index (χ0n) is 14.5. The van der Waals surface area contributed by atoms with Gasteiger partial charge < -0.3 is 5.32 Å². The number of nitrogens with zero attached hydrogens (tertiary/aromatic N) is 3. The normalized spacial score (nSPS) is 12.0. The van der Waals surface area contributed by atoms with Crippen molar-refractivity contribution in [3.05, 3.63) is 33.4 Å². The number of carbonyl (C=O) groups excluding carboxylic acids is 1. The van der Waals surface area contributed by atoms with Crippen LogP contribution in [-0.2, 0) is 11.0 Å². The SMILES string of the molecule is CSCC(=O)Nc1c(SC(F)(Cl)Cl)c(C#N)nn1-c1c(Cl)cc(C(F)(F)F)cc1Cl. The zero-order valence-corrected chi connectivity index (χ0v) is 19.1. The van der Waals surface area contributed by atoms with Crippen molar-refractivity contribution >= 4 is 81.7 Å². The lowest BCUT2D eigenvalue weighted by atomic mass is 10.2. The second kappa shape index (κ2) is 9.63. The van der Waals surface area contributed by atoms with E-state index in [0.717, 1.165) is 16.4 Å². The maximum Gasteiger partial charge on any atom is 0.416 e. The zero-order chi connectivity index (χ0) is 22.9. The van der Waals surface area contributed by atoms with Crippen LogP contribution < -0.4 is 5.32 Å². The predicted octanol–water partition coefficient (Wildman–Crippen LogP) is 6.52. The minimum absolute atomic E-state index is 0.0336. The molecule has 0 spiro atoms. The Hall–Kier alpha value is -1.03. The average Bonchev–Trinajstić information content (AvgIpc) is 2.89. The first-order valence-electron chi connectivity index (χ1n) is 7.42. The average molecular weight is 542 g/mol. The quantitative estimate of drug-likeness (QED) is 0.256. The Balaban J connectivity index is 2.76. The van der Waals surface area contributed by atoms with Crippen LogP contribution in [0.1, 0.15) is 11.3 Å². The van der Waals surface area contributed by atoms with Gasteiger partial charge in [-0.2, -0.15) is 39.7 Å². The number of thioether (sulfide) groups is 2. The standard InChI is InChI=1S/C15H8Cl4F4N4OS2/c1-29-5-10(28)25-13-12(30-15(18,19)23)9(4-24)26-27(13)11-7(16)2-6(3-8(11)17)14(20,21)22/h2-3H,5H2,1H3,(H,25,28). The number of nitriles is 1. The number of benzene rings is 1. The van der Waals surface area contributed by atoms with Crippen LogP contribution in [0.25, 0.3) is 5.69 Å². The summed E-state index contributed by atoms with van der Waals surface area (Å²) in [7, 11) is 0. The van der Waals surface area contributed by atoms with Gasteiger partial charge in [-0.3, -0.25) is 4.79 Å². The minimum Gasteiger partial charge on any atom is -0.309 e. The number of halogens is 8. The third kappa shape index (κ3) is 6.02. The highest BCUT2D eigenvalue weighted by atomic mass is 35.5. The summed E-state index contributed by atoms with van der Waals surface area (Å²) in [6.45, 7) is 0. The minimum atomic E-state index is -4.73. The molecule has 0 unspecified atom stereocenters. The topological polar surface area (TPSA) is 70.7 Å². The van der Waals surface area contributed by atoms with Gasteiger partial charge in [0, 0.05) is 0 Å². The lowest BCUT2D eigenvalue weighted by Crippen LogP contribution is -2.18. The second-order valence-electron chi connectivity index (χ2n) is 5.37. The van der Waals surface area contributed by atoms with Crippen molar-refractivity contribution in [1.82, 2.24) is 9.78 Å². The van der Waals surface area contributed by atoms with E-state index < -0.39 is 37.3 Å². The molecule has 5 nitrogen and oxygen atoms in total. The molecular formula is C15H8Cl4F4N4OS2. The summed E-state index contributed by atoms with van der Waals surface area (Å²) in [6, 6.07) is 2.86. The number of amides is 1. The summed E-state index contributed by atoms with van der Waals surface area (Å²) in [5.41, 5.74) is -1.82. The summed E-state index contributed by atoms with van der Waals surface area (Å²) in [6.07, 6.45) is -3.09. The number of hydrogen-bond donors (Lipinski definition) is 1. The van der Waals surface area contributed by atoms with E-state index in [0.29, 0.717) is 12.1 Å². The van der Waals surface area contributed by atoms with Gasteiger partial charge in [0.05, 0.1) is 26.3 Å². The van der Waals surface area contributed by atoms with Gasteiger partial charge >= 0.3 is 10.1 Å². The molecule has 0 saturated heterocycles. The number of alkyl halides is 6. The van der Waals surface area contributed by atoms with Crippen LogP contribution in [0, 0.1) is 11.3 Å². The van der Waals surface area contributed by atoms with Crippen molar-refractivity contribution in [2.24, 2.45) is 0 Å². The van der Waals surface area contributed by atoms with Crippen LogP contribution in [0.2, 0.25) is 10.0 Å². The van der Waals surface area contributed by atoms with E-state index in [1.54, 1.807) is 12.3 Å². The summed E-state index contributed by atoms with van der Waals surface area (Å²) in [5, 5.41) is 14.7. The first-order valence-corrected chi connectivity index (χ1v) is 11.1. The summed E-state index contributed by atoms with van der Waals surface area (Å²) < 4.78 is 50.8. The molecule has 0 saturated carbocycles. The van der Waals surface area contributed by atoms with Crippen molar-refractivity contribution < 1.29 is 22.4 Å². The lowest BCUT2D eigenvalue weighted by Gasteiger charge is -2.16. The Kier molecular flexibility index (Phi) is 8.10. The molecule has 0 bridgehead atoms. The van der Waals surface area contributed by atoms with E-state index in [4.69, 9.17) is 46.4 Å². The molecule has 2 rings (SSSR count). The van der Waals surface area contributed by atoms with Gasteiger partial charge in [-0.15, -0.1) is 0 Å². The molecule has 1 heterocycles. The third-order valence-corrected chi connectivity index (χ3v) is 5.67. The Bertz CT molecular complexity index is 995. The number of aromatic nitrogens is 2. The summed E-state index contributed by atoms with van der Waals surface area (Å²) in [4.78, 5) is 11.9. The molecule has 0 aliphatic rings. The molecule has 162 valence electrons. The van der Waals surface area contributed by atoms with E-state index in [-0.39, 0.29) is 33.9 Å². The molecule has 2 aromatic rings. The van der Waals surface area contributed by atoms with Gasteiger partial charge in [-0.25, -0.2) is 4.68 Å². The van der Waals surface area contributed by atoms with Crippen LogP contribution in [0.4, 0.5) is 23.4 Å².